The van der Waals surface area contributed by atoms with Crippen LogP contribution in [0, 0.1) is 19.8 Å². The van der Waals surface area contributed by atoms with Gasteiger partial charge in [-0.1, -0.05) is 31.5 Å². The van der Waals surface area contributed by atoms with Crippen LogP contribution in [-0.2, 0) is 4.79 Å². The van der Waals surface area contributed by atoms with Gasteiger partial charge < -0.3 is 5.32 Å². The third-order valence-electron chi connectivity index (χ3n) is 2.74. The maximum Gasteiger partial charge on any atom is 0.227 e. The SMILES string of the molecule is CCC(C)C(=O)Nc1c(C)cc(C)cc1Cl. The summed E-state index contributed by atoms with van der Waals surface area (Å²) >= 11 is 6.11. The zero-order valence-electron chi connectivity index (χ0n) is 10.2. The fourth-order valence-electron chi connectivity index (χ4n) is 1.51. The van der Waals surface area contributed by atoms with Crippen LogP contribution < -0.4 is 5.32 Å². The lowest BCUT2D eigenvalue weighted by Crippen LogP contribution is -2.20. The van der Waals surface area contributed by atoms with Crippen molar-refractivity contribution in [3.63, 3.8) is 0 Å². The molecule has 0 aliphatic rings. The number of anilines is 1. The first kappa shape index (κ1) is 13.0. The van der Waals surface area contributed by atoms with Crippen LogP contribution in [-0.4, -0.2) is 5.91 Å². The van der Waals surface area contributed by atoms with Crippen LogP contribution in [0.25, 0.3) is 0 Å². The number of benzene rings is 1. The first-order valence-electron chi connectivity index (χ1n) is 5.53. The van der Waals surface area contributed by atoms with Crippen LogP contribution in [0.5, 0.6) is 0 Å². The number of hydrogen-bond acceptors (Lipinski definition) is 1. The normalized spacial score (nSPS) is 12.3. The molecular weight excluding hydrogens is 222 g/mol. The molecule has 88 valence electrons. The number of halogens is 1. The number of hydrogen-bond donors (Lipinski definition) is 1. The minimum Gasteiger partial charge on any atom is -0.324 e. The smallest absolute Gasteiger partial charge is 0.227 e. The van der Waals surface area contributed by atoms with E-state index in [-0.39, 0.29) is 11.8 Å². The van der Waals surface area contributed by atoms with E-state index in [9.17, 15) is 4.79 Å². The lowest BCUT2D eigenvalue weighted by Gasteiger charge is -2.14. The third-order valence-corrected chi connectivity index (χ3v) is 3.04. The number of nitrogens with one attached hydrogen (secondary N) is 1. The van der Waals surface area contributed by atoms with Gasteiger partial charge in [0.2, 0.25) is 5.91 Å². The average molecular weight is 240 g/mol. The molecule has 3 heteroatoms. The molecule has 0 heterocycles. The second-order valence-corrected chi connectivity index (χ2v) is 4.64. The lowest BCUT2D eigenvalue weighted by molar-refractivity contribution is -0.119. The summed E-state index contributed by atoms with van der Waals surface area (Å²) in [4.78, 5) is 11.8. The van der Waals surface area contributed by atoms with Crippen LogP contribution in [0.3, 0.4) is 0 Å². The Morgan fingerprint density at radius 1 is 1.44 bits per heavy atom. The summed E-state index contributed by atoms with van der Waals surface area (Å²) < 4.78 is 0. The molecule has 1 unspecified atom stereocenters. The molecule has 0 aliphatic heterocycles. The van der Waals surface area contributed by atoms with Crippen molar-refractivity contribution in [3.05, 3.63) is 28.3 Å². The van der Waals surface area contributed by atoms with Crippen molar-refractivity contribution in [3.8, 4) is 0 Å². The molecule has 0 saturated heterocycles. The summed E-state index contributed by atoms with van der Waals surface area (Å²) in [6.45, 7) is 7.84. The predicted molar refractivity (Wildman–Crippen MR) is 69.0 cm³/mol. The van der Waals surface area contributed by atoms with Gasteiger partial charge in [-0.15, -0.1) is 0 Å². The molecule has 0 bridgehead atoms. The minimum absolute atomic E-state index is 0.0109. The van der Waals surface area contributed by atoms with Gasteiger partial charge in [0, 0.05) is 5.92 Å². The van der Waals surface area contributed by atoms with Crippen molar-refractivity contribution in [2.24, 2.45) is 5.92 Å². The van der Waals surface area contributed by atoms with Crippen molar-refractivity contribution in [2.75, 3.05) is 5.32 Å². The number of carbonyl (C=O) groups excluding carboxylic acids is 1. The molecule has 16 heavy (non-hydrogen) atoms. The highest BCUT2D eigenvalue weighted by atomic mass is 35.5. The Labute approximate surface area is 102 Å². The highest BCUT2D eigenvalue weighted by molar-refractivity contribution is 6.34. The highest BCUT2D eigenvalue weighted by Gasteiger charge is 2.13. The standard InChI is InChI=1S/C13H18ClNO/c1-5-9(3)13(16)15-12-10(4)6-8(2)7-11(12)14/h6-7,9H,5H2,1-4H3,(H,15,16). The maximum absolute atomic E-state index is 11.8. The molecule has 0 fully saturated rings. The van der Waals surface area contributed by atoms with E-state index in [0.717, 1.165) is 23.2 Å². The van der Waals surface area contributed by atoms with Gasteiger partial charge in [0.15, 0.2) is 0 Å². The van der Waals surface area contributed by atoms with Gasteiger partial charge in [-0.2, -0.15) is 0 Å². The summed E-state index contributed by atoms with van der Waals surface area (Å²) in [6, 6.07) is 3.87. The summed E-state index contributed by atoms with van der Waals surface area (Å²) in [5, 5.41) is 3.49. The molecule has 2 nitrogen and oxygen atoms in total. The second-order valence-electron chi connectivity index (χ2n) is 4.24. The van der Waals surface area contributed by atoms with Crippen molar-refractivity contribution >= 4 is 23.2 Å². The fraction of sp³-hybridized carbons (Fsp3) is 0.462. The van der Waals surface area contributed by atoms with E-state index in [0.29, 0.717) is 5.02 Å². The van der Waals surface area contributed by atoms with Crippen LogP contribution >= 0.6 is 11.6 Å². The number of carbonyl (C=O) groups is 1. The first-order chi connectivity index (χ1) is 7.45. The van der Waals surface area contributed by atoms with Crippen LogP contribution in [0.1, 0.15) is 31.4 Å². The molecule has 1 atom stereocenters. The van der Waals surface area contributed by atoms with Crippen LogP contribution in [0.4, 0.5) is 5.69 Å². The summed E-state index contributed by atoms with van der Waals surface area (Å²) in [5.74, 6) is 0.0353. The summed E-state index contributed by atoms with van der Waals surface area (Å²) in [5.41, 5.74) is 2.84. The van der Waals surface area contributed by atoms with Crippen molar-refractivity contribution in [2.45, 2.75) is 34.1 Å². The lowest BCUT2D eigenvalue weighted by atomic mass is 10.1. The molecule has 1 N–H and O–H groups in total. The molecule has 1 rings (SSSR count). The molecule has 1 aromatic rings. The predicted octanol–water partition coefficient (Wildman–Crippen LogP) is 3.94. The Kier molecular flexibility index (Phi) is 4.36. The van der Waals surface area contributed by atoms with Gasteiger partial charge in [-0.3, -0.25) is 4.79 Å². The Bertz CT molecular complexity index is 378. The van der Waals surface area contributed by atoms with E-state index in [2.05, 4.69) is 5.32 Å². The van der Waals surface area contributed by atoms with Crippen molar-refractivity contribution in [1.29, 1.82) is 0 Å². The number of aryl methyl sites for hydroxylation is 2. The molecule has 0 saturated carbocycles. The molecule has 0 radical (unpaired) electrons. The average Bonchev–Trinajstić information content (AvgIpc) is 2.21. The van der Waals surface area contributed by atoms with Gasteiger partial charge >= 0.3 is 0 Å². The maximum atomic E-state index is 11.8. The van der Waals surface area contributed by atoms with Gasteiger partial charge in [0.25, 0.3) is 0 Å². The van der Waals surface area contributed by atoms with E-state index < -0.39 is 0 Å². The summed E-state index contributed by atoms with van der Waals surface area (Å²) in [7, 11) is 0. The molecule has 0 aliphatic carbocycles. The number of rotatable bonds is 3. The van der Waals surface area contributed by atoms with Crippen LogP contribution in [0.2, 0.25) is 5.02 Å². The third kappa shape index (κ3) is 2.99. The van der Waals surface area contributed by atoms with E-state index in [1.807, 2.05) is 39.8 Å². The monoisotopic (exact) mass is 239 g/mol. The van der Waals surface area contributed by atoms with Gasteiger partial charge in [-0.25, -0.2) is 0 Å². The minimum atomic E-state index is 0.0109. The zero-order chi connectivity index (χ0) is 12.3. The van der Waals surface area contributed by atoms with Gasteiger partial charge in [-0.05, 0) is 37.5 Å². The molecule has 1 amide bonds. The molecule has 0 aromatic heterocycles. The van der Waals surface area contributed by atoms with Crippen molar-refractivity contribution < 1.29 is 4.79 Å². The fourth-order valence-corrected chi connectivity index (χ4v) is 1.87. The van der Waals surface area contributed by atoms with E-state index in [1.54, 1.807) is 0 Å². The molecular formula is C13H18ClNO. The number of amides is 1. The van der Waals surface area contributed by atoms with E-state index in [4.69, 9.17) is 11.6 Å². The Morgan fingerprint density at radius 3 is 2.56 bits per heavy atom. The van der Waals surface area contributed by atoms with Gasteiger partial charge in [0.05, 0.1) is 10.7 Å². The molecule has 1 aromatic carbocycles. The van der Waals surface area contributed by atoms with E-state index >= 15 is 0 Å². The Morgan fingerprint density at radius 2 is 2.06 bits per heavy atom. The summed E-state index contributed by atoms with van der Waals surface area (Å²) in [6.07, 6.45) is 0.828. The quantitative estimate of drug-likeness (QED) is 0.851. The largest absolute Gasteiger partial charge is 0.324 e. The Balaban J connectivity index is 2.93. The van der Waals surface area contributed by atoms with Crippen molar-refractivity contribution in [1.82, 2.24) is 0 Å². The molecule has 0 spiro atoms. The first-order valence-corrected chi connectivity index (χ1v) is 5.91. The van der Waals surface area contributed by atoms with Gasteiger partial charge in [0.1, 0.15) is 0 Å². The Hall–Kier alpha value is -1.02. The second kappa shape index (κ2) is 5.35. The topological polar surface area (TPSA) is 29.1 Å². The highest BCUT2D eigenvalue weighted by Crippen LogP contribution is 2.27. The zero-order valence-corrected chi connectivity index (χ0v) is 11.0. The van der Waals surface area contributed by atoms with Crippen LogP contribution in [0.15, 0.2) is 12.1 Å². The van der Waals surface area contributed by atoms with E-state index in [1.165, 1.54) is 0 Å².